The molecule has 2 aromatic rings. The fraction of sp³-hybridized carbons (Fsp3) is 0.333. The molecule has 1 aromatic carbocycles. The van der Waals surface area contributed by atoms with Crippen molar-refractivity contribution in [2.45, 2.75) is 17.7 Å². The van der Waals surface area contributed by atoms with Crippen molar-refractivity contribution in [2.24, 2.45) is 0 Å². The lowest BCUT2D eigenvalue weighted by atomic mass is 10.2. The SMILES string of the molecule is COCCCNc1ccc(NS(=O)(=O)c2ccc3c(c2)CC(=O)N3C)cn1. The maximum absolute atomic E-state index is 12.6. The summed E-state index contributed by atoms with van der Waals surface area (Å²) in [5, 5.41) is 3.13. The maximum atomic E-state index is 12.6. The number of fused-ring (bicyclic) bond motifs is 1. The van der Waals surface area contributed by atoms with Gasteiger partial charge in [-0.3, -0.25) is 9.52 Å². The highest BCUT2D eigenvalue weighted by Gasteiger charge is 2.26. The summed E-state index contributed by atoms with van der Waals surface area (Å²) in [5.74, 6) is 0.610. The number of likely N-dealkylation sites (N-methyl/N-ethyl adjacent to an activating group) is 1. The van der Waals surface area contributed by atoms with Crippen molar-refractivity contribution >= 4 is 33.1 Å². The minimum absolute atomic E-state index is 0.0507. The lowest BCUT2D eigenvalue weighted by Crippen LogP contribution is -2.20. The maximum Gasteiger partial charge on any atom is 0.261 e. The van der Waals surface area contributed by atoms with E-state index in [1.807, 2.05) is 0 Å². The van der Waals surface area contributed by atoms with Crippen molar-refractivity contribution in [3.63, 3.8) is 0 Å². The molecule has 0 saturated carbocycles. The fourth-order valence-electron chi connectivity index (χ4n) is 2.82. The molecule has 0 spiro atoms. The first-order valence-electron chi connectivity index (χ1n) is 8.52. The first kappa shape index (κ1) is 19.1. The number of benzene rings is 1. The number of nitrogens with one attached hydrogen (secondary N) is 2. The Morgan fingerprint density at radius 3 is 2.78 bits per heavy atom. The molecule has 2 heterocycles. The van der Waals surface area contributed by atoms with E-state index < -0.39 is 10.0 Å². The first-order valence-corrected chi connectivity index (χ1v) is 10.0. The molecular formula is C18H22N4O4S. The van der Waals surface area contributed by atoms with E-state index in [0.717, 1.165) is 12.1 Å². The van der Waals surface area contributed by atoms with Crippen LogP contribution in [0, 0.1) is 0 Å². The Hall–Kier alpha value is -2.65. The molecule has 2 N–H and O–H groups in total. The van der Waals surface area contributed by atoms with Gasteiger partial charge in [0.15, 0.2) is 0 Å². The molecule has 144 valence electrons. The molecule has 1 aromatic heterocycles. The van der Waals surface area contributed by atoms with Gasteiger partial charge in [-0.25, -0.2) is 13.4 Å². The number of ether oxygens (including phenoxy) is 1. The molecule has 0 atom stereocenters. The molecule has 0 bridgehead atoms. The second-order valence-electron chi connectivity index (χ2n) is 6.23. The first-order chi connectivity index (χ1) is 12.9. The van der Waals surface area contributed by atoms with Crippen LogP contribution in [0.5, 0.6) is 0 Å². The quantitative estimate of drug-likeness (QED) is 0.667. The van der Waals surface area contributed by atoms with Gasteiger partial charge >= 0.3 is 0 Å². The molecule has 1 amide bonds. The normalized spacial score (nSPS) is 13.6. The highest BCUT2D eigenvalue weighted by molar-refractivity contribution is 7.92. The number of methoxy groups -OCH3 is 1. The monoisotopic (exact) mass is 390 g/mol. The van der Waals surface area contributed by atoms with Crippen molar-refractivity contribution < 1.29 is 17.9 Å². The average Bonchev–Trinajstić information content (AvgIpc) is 2.93. The third-order valence-corrected chi connectivity index (χ3v) is 5.66. The van der Waals surface area contributed by atoms with Crippen molar-refractivity contribution in [1.29, 1.82) is 0 Å². The van der Waals surface area contributed by atoms with Crippen molar-refractivity contribution in [2.75, 3.05) is 42.2 Å². The average molecular weight is 390 g/mol. The number of carbonyl (C=O) groups excluding carboxylic acids is 1. The number of aromatic nitrogens is 1. The third-order valence-electron chi connectivity index (χ3n) is 4.29. The van der Waals surface area contributed by atoms with Gasteiger partial charge in [0.2, 0.25) is 5.91 Å². The van der Waals surface area contributed by atoms with E-state index in [1.54, 1.807) is 32.4 Å². The Morgan fingerprint density at radius 2 is 2.07 bits per heavy atom. The fourth-order valence-corrected chi connectivity index (χ4v) is 3.91. The van der Waals surface area contributed by atoms with E-state index in [2.05, 4.69) is 15.0 Å². The molecule has 1 aliphatic heterocycles. The van der Waals surface area contributed by atoms with Gasteiger partial charge in [-0.15, -0.1) is 0 Å². The summed E-state index contributed by atoms with van der Waals surface area (Å²) in [6.07, 6.45) is 2.52. The van der Waals surface area contributed by atoms with Crippen LogP contribution >= 0.6 is 0 Å². The minimum Gasteiger partial charge on any atom is -0.385 e. The number of pyridine rings is 1. The van der Waals surface area contributed by atoms with Gasteiger partial charge in [-0.2, -0.15) is 0 Å². The number of rotatable bonds is 8. The highest BCUT2D eigenvalue weighted by Crippen LogP contribution is 2.30. The number of hydrogen-bond donors (Lipinski definition) is 2. The van der Waals surface area contributed by atoms with Gasteiger partial charge in [-0.05, 0) is 42.3 Å². The molecule has 0 aliphatic carbocycles. The van der Waals surface area contributed by atoms with Crippen molar-refractivity contribution in [3.8, 4) is 0 Å². The van der Waals surface area contributed by atoms with E-state index in [1.165, 1.54) is 23.2 Å². The summed E-state index contributed by atoms with van der Waals surface area (Å²) >= 11 is 0. The lowest BCUT2D eigenvalue weighted by Gasteiger charge is -2.12. The standard InChI is InChI=1S/C18H22N4O4S/c1-22-16-6-5-15(10-13(16)11-18(22)23)27(24,25)21-14-4-7-17(20-12-14)19-8-3-9-26-2/h4-7,10,12,21H,3,8-9,11H2,1-2H3,(H,19,20). The molecule has 0 saturated heterocycles. The zero-order valence-corrected chi connectivity index (χ0v) is 16.0. The minimum atomic E-state index is -3.76. The van der Waals surface area contributed by atoms with E-state index in [-0.39, 0.29) is 17.2 Å². The van der Waals surface area contributed by atoms with Crippen LogP contribution in [0.25, 0.3) is 0 Å². The number of amides is 1. The largest absolute Gasteiger partial charge is 0.385 e. The second-order valence-corrected chi connectivity index (χ2v) is 7.91. The van der Waals surface area contributed by atoms with Crippen LogP contribution in [-0.2, 0) is 26.0 Å². The Bertz CT molecular complexity index is 929. The van der Waals surface area contributed by atoms with Crippen LogP contribution in [0.15, 0.2) is 41.4 Å². The van der Waals surface area contributed by atoms with Crippen LogP contribution in [0.3, 0.4) is 0 Å². The summed E-state index contributed by atoms with van der Waals surface area (Å²) in [4.78, 5) is 17.6. The van der Waals surface area contributed by atoms with Crippen molar-refractivity contribution in [1.82, 2.24) is 4.98 Å². The zero-order valence-electron chi connectivity index (χ0n) is 15.2. The van der Waals surface area contributed by atoms with E-state index in [9.17, 15) is 13.2 Å². The third kappa shape index (κ3) is 4.37. The lowest BCUT2D eigenvalue weighted by molar-refractivity contribution is -0.117. The Labute approximate surface area is 158 Å². The summed E-state index contributed by atoms with van der Waals surface area (Å²) in [7, 11) is -0.437. The summed E-state index contributed by atoms with van der Waals surface area (Å²) in [5.41, 5.74) is 1.81. The number of sulfonamides is 1. The number of anilines is 3. The zero-order chi connectivity index (χ0) is 19.4. The van der Waals surface area contributed by atoms with Gasteiger partial charge < -0.3 is 15.0 Å². The van der Waals surface area contributed by atoms with Crippen LogP contribution in [0.2, 0.25) is 0 Å². The predicted octanol–water partition coefficient (Wildman–Crippen LogP) is 1.85. The highest BCUT2D eigenvalue weighted by atomic mass is 32.2. The van der Waals surface area contributed by atoms with Crippen molar-refractivity contribution in [3.05, 3.63) is 42.1 Å². The van der Waals surface area contributed by atoms with Gasteiger partial charge in [-0.1, -0.05) is 0 Å². The molecule has 0 radical (unpaired) electrons. The molecule has 8 nitrogen and oxygen atoms in total. The van der Waals surface area contributed by atoms with Gasteiger partial charge in [0.1, 0.15) is 5.82 Å². The van der Waals surface area contributed by atoms with Gasteiger partial charge in [0.05, 0.1) is 23.2 Å². The predicted molar refractivity (Wildman–Crippen MR) is 104 cm³/mol. The molecule has 0 unspecified atom stereocenters. The van der Waals surface area contributed by atoms with Crippen LogP contribution in [0.4, 0.5) is 17.2 Å². The number of carbonyl (C=O) groups is 1. The van der Waals surface area contributed by atoms with Crippen LogP contribution in [-0.4, -0.2) is 46.6 Å². The molecule has 3 rings (SSSR count). The summed E-state index contributed by atoms with van der Waals surface area (Å²) in [6, 6.07) is 8.04. The Balaban J connectivity index is 1.68. The summed E-state index contributed by atoms with van der Waals surface area (Å²) < 4.78 is 32.7. The van der Waals surface area contributed by atoms with E-state index >= 15 is 0 Å². The van der Waals surface area contributed by atoms with E-state index in [4.69, 9.17) is 4.74 Å². The molecule has 9 heteroatoms. The number of nitrogens with zero attached hydrogens (tertiary/aromatic N) is 2. The topological polar surface area (TPSA) is 101 Å². The molecule has 0 fully saturated rings. The smallest absolute Gasteiger partial charge is 0.261 e. The molecule has 27 heavy (non-hydrogen) atoms. The Morgan fingerprint density at radius 1 is 1.26 bits per heavy atom. The van der Waals surface area contributed by atoms with Gasteiger partial charge in [0.25, 0.3) is 10.0 Å². The Kier molecular flexibility index (Phi) is 5.62. The van der Waals surface area contributed by atoms with E-state index in [0.29, 0.717) is 30.2 Å². The summed E-state index contributed by atoms with van der Waals surface area (Å²) in [6.45, 7) is 1.38. The van der Waals surface area contributed by atoms with Crippen LogP contribution < -0.4 is 14.9 Å². The molecular weight excluding hydrogens is 368 g/mol. The molecule has 1 aliphatic rings. The second kappa shape index (κ2) is 7.93. The van der Waals surface area contributed by atoms with Crippen LogP contribution in [0.1, 0.15) is 12.0 Å². The van der Waals surface area contributed by atoms with Gasteiger partial charge in [0, 0.05) is 33.0 Å². The number of hydrogen-bond acceptors (Lipinski definition) is 6.